The minimum Gasteiger partial charge on any atom is -0.252 e. The summed E-state index contributed by atoms with van der Waals surface area (Å²) in [6.45, 7) is 0. The molecular formula is C22H16N2. The van der Waals surface area contributed by atoms with Gasteiger partial charge in [-0.3, -0.25) is 9.97 Å². The number of para-hydroxylation sites is 2. The molecule has 0 aliphatic heterocycles. The average Bonchev–Trinajstić information content (AvgIpc) is 3.13. The second kappa shape index (κ2) is 4.41. The molecule has 0 saturated carbocycles. The van der Waals surface area contributed by atoms with Crippen molar-refractivity contribution in [3.63, 3.8) is 0 Å². The van der Waals surface area contributed by atoms with E-state index < -0.39 is 0 Å². The van der Waals surface area contributed by atoms with Crippen LogP contribution in [0.3, 0.4) is 0 Å². The highest BCUT2D eigenvalue weighted by Gasteiger charge is 2.42. The molecule has 2 heteroatoms. The van der Waals surface area contributed by atoms with E-state index in [-0.39, 0.29) is 0 Å². The normalized spacial score (nSPS) is 21.0. The number of hydrogen-bond donors (Lipinski definition) is 0. The van der Waals surface area contributed by atoms with E-state index in [1.54, 1.807) is 0 Å². The van der Waals surface area contributed by atoms with Crippen molar-refractivity contribution in [2.24, 2.45) is 0 Å². The number of benzene rings is 2. The first-order valence-corrected chi connectivity index (χ1v) is 8.64. The molecule has 0 N–H and O–H groups in total. The Balaban J connectivity index is 1.53. The van der Waals surface area contributed by atoms with Crippen LogP contribution < -0.4 is 0 Å². The Morgan fingerprint density at radius 3 is 1.58 bits per heavy atom. The molecule has 2 aromatic heterocycles. The van der Waals surface area contributed by atoms with Crippen LogP contribution in [0, 0.1) is 0 Å². The highest BCUT2D eigenvalue weighted by atomic mass is 14.8. The lowest BCUT2D eigenvalue weighted by molar-refractivity contribution is 0.615. The molecule has 2 aliphatic carbocycles. The molecule has 24 heavy (non-hydrogen) atoms. The molecule has 0 unspecified atom stereocenters. The Kier molecular flexibility index (Phi) is 2.33. The van der Waals surface area contributed by atoms with E-state index in [1.165, 1.54) is 33.3 Å². The van der Waals surface area contributed by atoms with Crippen molar-refractivity contribution < 1.29 is 0 Å². The lowest BCUT2D eigenvalue weighted by Crippen LogP contribution is -2.01. The third kappa shape index (κ3) is 1.60. The van der Waals surface area contributed by atoms with Crippen molar-refractivity contribution in [1.82, 2.24) is 9.97 Å². The molecule has 2 heterocycles. The summed E-state index contributed by atoms with van der Waals surface area (Å²) < 4.78 is 0. The summed E-state index contributed by atoms with van der Waals surface area (Å²) in [4.78, 5) is 10.0. The van der Waals surface area contributed by atoms with Gasteiger partial charge in [-0.25, -0.2) is 0 Å². The number of nitrogens with zero attached hydrogens (tertiary/aromatic N) is 2. The topological polar surface area (TPSA) is 25.8 Å². The van der Waals surface area contributed by atoms with Crippen LogP contribution in [0.5, 0.6) is 0 Å². The van der Waals surface area contributed by atoms with Gasteiger partial charge in [0.1, 0.15) is 0 Å². The van der Waals surface area contributed by atoms with Crippen LogP contribution >= 0.6 is 0 Å². The molecule has 114 valence electrons. The molecular weight excluding hydrogens is 292 g/mol. The Labute approximate surface area is 140 Å². The van der Waals surface area contributed by atoms with E-state index >= 15 is 0 Å². The second-order valence-corrected chi connectivity index (χ2v) is 7.07. The van der Waals surface area contributed by atoms with Gasteiger partial charge in [0.2, 0.25) is 0 Å². The Morgan fingerprint density at radius 2 is 1.08 bits per heavy atom. The van der Waals surface area contributed by atoms with Crippen LogP contribution in [0.25, 0.3) is 21.8 Å². The lowest BCUT2D eigenvalue weighted by Gasteiger charge is -2.09. The van der Waals surface area contributed by atoms with Crippen LogP contribution in [-0.4, -0.2) is 9.97 Å². The molecule has 2 nitrogen and oxygen atoms in total. The first-order chi connectivity index (χ1) is 11.9. The summed E-state index contributed by atoms with van der Waals surface area (Å²) in [5.41, 5.74) is 7.69. The summed E-state index contributed by atoms with van der Waals surface area (Å²) in [6, 6.07) is 21.6. The highest BCUT2D eigenvalue weighted by molar-refractivity contribution is 5.81. The Hall–Kier alpha value is -2.74. The maximum absolute atomic E-state index is 5.02. The third-order valence-electron chi connectivity index (χ3n) is 5.74. The van der Waals surface area contributed by atoms with E-state index in [2.05, 4.69) is 60.7 Å². The number of aromatic nitrogens is 2. The second-order valence-electron chi connectivity index (χ2n) is 7.07. The van der Waals surface area contributed by atoms with E-state index in [9.17, 15) is 0 Å². The highest BCUT2D eigenvalue weighted by Crippen LogP contribution is 2.51. The number of hydrogen-bond acceptors (Lipinski definition) is 2. The third-order valence-corrected chi connectivity index (χ3v) is 5.74. The van der Waals surface area contributed by atoms with Gasteiger partial charge in [-0.1, -0.05) is 36.4 Å². The number of pyridine rings is 2. The fourth-order valence-electron chi connectivity index (χ4n) is 4.65. The molecule has 4 aromatic rings. The minimum atomic E-state index is 0.504. The fourth-order valence-corrected chi connectivity index (χ4v) is 4.65. The molecule has 2 atom stereocenters. The van der Waals surface area contributed by atoms with E-state index in [0.717, 1.165) is 23.9 Å². The number of fused-ring (bicyclic) bond motifs is 7. The Bertz CT molecular complexity index is 1040. The van der Waals surface area contributed by atoms with Gasteiger partial charge in [-0.15, -0.1) is 0 Å². The zero-order valence-corrected chi connectivity index (χ0v) is 13.2. The van der Waals surface area contributed by atoms with Gasteiger partial charge < -0.3 is 0 Å². The molecule has 0 fully saturated rings. The molecule has 0 bridgehead atoms. The lowest BCUT2D eigenvalue weighted by atomic mass is 9.98. The van der Waals surface area contributed by atoms with Crippen LogP contribution in [0.15, 0.2) is 60.7 Å². The molecule has 2 aromatic carbocycles. The van der Waals surface area contributed by atoms with E-state index in [4.69, 9.17) is 9.97 Å². The van der Waals surface area contributed by atoms with Crippen LogP contribution in [0.4, 0.5) is 0 Å². The van der Waals surface area contributed by atoms with Crippen molar-refractivity contribution in [2.45, 2.75) is 24.7 Å². The van der Waals surface area contributed by atoms with Gasteiger partial charge in [0, 0.05) is 34.0 Å². The molecule has 0 amide bonds. The maximum atomic E-state index is 5.02. The predicted octanol–water partition coefficient (Wildman–Crippen LogP) is 4.76. The van der Waals surface area contributed by atoms with Crippen molar-refractivity contribution >= 4 is 21.8 Å². The minimum absolute atomic E-state index is 0.504. The standard InChI is InChI=1S/C22H16N2/c1-3-7-19-13(5-1)9-15-11-17-18(21(15)23-19)12-16-10-14-6-2-4-8-20(14)24-22(16)17/h1-10,17-18H,11-12H2/t17-,18-/m1/s1. The van der Waals surface area contributed by atoms with Gasteiger partial charge in [0.25, 0.3) is 0 Å². The van der Waals surface area contributed by atoms with Crippen LogP contribution in [0.1, 0.15) is 34.4 Å². The largest absolute Gasteiger partial charge is 0.252 e. The molecule has 0 radical (unpaired) electrons. The van der Waals surface area contributed by atoms with Gasteiger partial charge in [-0.05, 0) is 48.2 Å². The van der Waals surface area contributed by atoms with E-state index in [1.807, 2.05) is 0 Å². The summed E-state index contributed by atoms with van der Waals surface area (Å²) in [7, 11) is 0. The summed E-state index contributed by atoms with van der Waals surface area (Å²) >= 11 is 0. The average molecular weight is 308 g/mol. The first kappa shape index (κ1) is 12.7. The monoisotopic (exact) mass is 308 g/mol. The van der Waals surface area contributed by atoms with Gasteiger partial charge in [-0.2, -0.15) is 0 Å². The van der Waals surface area contributed by atoms with Gasteiger partial charge in [0.15, 0.2) is 0 Å². The molecule has 2 aliphatic rings. The summed E-state index contributed by atoms with van der Waals surface area (Å²) in [5, 5.41) is 2.51. The zero-order valence-electron chi connectivity index (χ0n) is 13.2. The predicted molar refractivity (Wildman–Crippen MR) is 96.4 cm³/mol. The quantitative estimate of drug-likeness (QED) is 0.468. The Morgan fingerprint density at radius 1 is 0.625 bits per heavy atom. The van der Waals surface area contributed by atoms with Gasteiger partial charge >= 0.3 is 0 Å². The summed E-state index contributed by atoms with van der Waals surface area (Å²) in [5.74, 6) is 1.01. The van der Waals surface area contributed by atoms with E-state index in [0.29, 0.717) is 11.8 Å². The number of rotatable bonds is 0. The zero-order chi connectivity index (χ0) is 15.7. The first-order valence-electron chi connectivity index (χ1n) is 8.64. The van der Waals surface area contributed by atoms with Crippen molar-refractivity contribution in [3.8, 4) is 0 Å². The van der Waals surface area contributed by atoms with Gasteiger partial charge in [0.05, 0.1) is 11.0 Å². The fraction of sp³-hybridized carbons (Fsp3) is 0.182. The maximum Gasteiger partial charge on any atom is 0.0705 e. The van der Waals surface area contributed by atoms with Crippen molar-refractivity contribution in [2.75, 3.05) is 0 Å². The van der Waals surface area contributed by atoms with Crippen molar-refractivity contribution in [1.29, 1.82) is 0 Å². The van der Waals surface area contributed by atoms with Crippen LogP contribution in [-0.2, 0) is 12.8 Å². The molecule has 0 saturated heterocycles. The van der Waals surface area contributed by atoms with Crippen LogP contribution in [0.2, 0.25) is 0 Å². The SMILES string of the molecule is c1ccc2nc3c(cc2c1)C[C@H]1c2nc4ccccc4cc2C[C@@H]31. The van der Waals surface area contributed by atoms with Crippen molar-refractivity contribution in [3.05, 3.63) is 83.2 Å². The smallest absolute Gasteiger partial charge is 0.0705 e. The molecule has 0 spiro atoms. The summed E-state index contributed by atoms with van der Waals surface area (Å²) in [6.07, 6.45) is 2.16. The molecule has 6 rings (SSSR count).